The third-order valence-electron chi connectivity index (χ3n) is 4.97. The molecule has 1 aliphatic rings. The summed E-state index contributed by atoms with van der Waals surface area (Å²) in [4.78, 5) is 9.17. The van der Waals surface area contributed by atoms with Crippen molar-refractivity contribution in [1.82, 2.24) is 20.1 Å². The number of anilines is 1. The van der Waals surface area contributed by atoms with Crippen molar-refractivity contribution in [2.24, 2.45) is 0 Å². The normalized spacial score (nSPS) is 18.2. The fraction of sp³-hybridized carbons (Fsp3) is 0.579. The van der Waals surface area contributed by atoms with Crippen LogP contribution in [0.25, 0.3) is 0 Å². The minimum absolute atomic E-state index is 0.228. The second kappa shape index (κ2) is 8.62. The number of nitrogens with one attached hydrogen (secondary N) is 1. The van der Waals surface area contributed by atoms with Crippen LogP contribution in [0.5, 0.6) is 0 Å². The van der Waals surface area contributed by atoms with Gasteiger partial charge in [-0.05, 0) is 25.5 Å². The summed E-state index contributed by atoms with van der Waals surface area (Å²) in [6.45, 7) is 8.87. The Kier molecular flexibility index (Phi) is 6.24. The molecule has 0 radical (unpaired) electrons. The lowest BCUT2D eigenvalue weighted by molar-refractivity contribution is -0.0132. The molecule has 3 heterocycles. The summed E-state index contributed by atoms with van der Waals surface area (Å²) in [6.07, 6.45) is 1.97. The highest BCUT2D eigenvalue weighted by molar-refractivity contribution is 5.38. The lowest BCUT2D eigenvalue weighted by Crippen LogP contribution is -2.39. The molecule has 1 unspecified atom stereocenters. The quantitative estimate of drug-likeness (QED) is 0.816. The number of rotatable bonds is 7. The van der Waals surface area contributed by atoms with Crippen molar-refractivity contribution in [3.63, 3.8) is 0 Å². The Morgan fingerprint density at radius 1 is 1.38 bits per heavy atom. The van der Waals surface area contributed by atoms with Crippen LogP contribution in [0, 0.1) is 13.8 Å². The van der Waals surface area contributed by atoms with Crippen molar-refractivity contribution >= 4 is 5.82 Å². The molecule has 2 aromatic heterocycles. The van der Waals surface area contributed by atoms with E-state index in [4.69, 9.17) is 9.47 Å². The number of morpholine rings is 1. The topological polar surface area (TPSA) is 66.5 Å². The first-order chi connectivity index (χ1) is 12.6. The largest absolute Gasteiger partial charge is 0.383 e. The Bertz CT molecular complexity index is 681. The first kappa shape index (κ1) is 18.8. The summed E-state index contributed by atoms with van der Waals surface area (Å²) in [5, 5.41) is 7.45. The van der Waals surface area contributed by atoms with Gasteiger partial charge in [0.2, 0.25) is 0 Å². The Hall–Kier alpha value is -1.96. The van der Waals surface area contributed by atoms with Crippen LogP contribution in [0.15, 0.2) is 18.3 Å². The molecule has 3 rings (SSSR count). The average molecular weight is 359 g/mol. The second-order valence-electron chi connectivity index (χ2n) is 6.85. The van der Waals surface area contributed by atoms with Crippen LogP contribution in [-0.4, -0.2) is 67.1 Å². The summed E-state index contributed by atoms with van der Waals surface area (Å²) in [5.41, 5.74) is 4.64. The number of pyridine rings is 1. The molecule has 0 aliphatic carbocycles. The van der Waals surface area contributed by atoms with E-state index in [1.807, 2.05) is 13.2 Å². The van der Waals surface area contributed by atoms with Crippen molar-refractivity contribution in [2.45, 2.75) is 26.4 Å². The van der Waals surface area contributed by atoms with E-state index < -0.39 is 0 Å². The van der Waals surface area contributed by atoms with E-state index in [9.17, 15) is 0 Å². The molecule has 2 aromatic rings. The van der Waals surface area contributed by atoms with Gasteiger partial charge in [-0.3, -0.25) is 10.00 Å². The number of aromatic amines is 1. The van der Waals surface area contributed by atoms with Gasteiger partial charge in [-0.2, -0.15) is 5.10 Å². The Balaban J connectivity index is 1.70. The maximum atomic E-state index is 5.75. The summed E-state index contributed by atoms with van der Waals surface area (Å²) >= 11 is 0. The molecule has 1 aliphatic heterocycles. The monoisotopic (exact) mass is 359 g/mol. The molecular formula is C19H29N5O2. The second-order valence-corrected chi connectivity index (χ2v) is 6.85. The number of ether oxygens (including phenoxy) is 2. The predicted molar refractivity (Wildman–Crippen MR) is 101 cm³/mol. The summed E-state index contributed by atoms with van der Waals surface area (Å²) in [7, 11) is 3.75. The van der Waals surface area contributed by atoms with Gasteiger partial charge in [0.25, 0.3) is 0 Å². The molecule has 0 bridgehead atoms. The number of aryl methyl sites for hydroxylation is 2. The highest BCUT2D eigenvalue weighted by atomic mass is 16.5. The minimum atomic E-state index is 0.228. The molecular weight excluding hydrogens is 330 g/mol. The Morgan fingerprint density at radius 3 is 2.88 bits per heavy atom. The highest BCUT2D eigenvalue weighted by Gasteiger charge is 2.28. The maximum Gasteiger partial charge on any atom is 0.128 e. The summed E-state index contributed by atoms with van der Waals surface area (Å²) < 4.78 is 10.9. The van der Waals surface area contributed by atoms with E-state index in [0.29, 0.717) is 13.2 Å². The van der Waals surface area contributed by atoms with Crippen molar-refractivity contribution in [3.8, 4) is 0 Å². The number of nitrogens with zero attached hydrogens (tertiary/aromatic N) is 4. The van der Waals surface area contributed by atoms with Gasteiger partial charge in [0.1, 0.15) is 5.82 Å². The van der Waals surface area contributed by atoms with Crippen molar-refractivity contribution in [2.75, 3.05) is 52.0 Å². The van der Waals surface area contributed by atoms with Gasteiger partial charge in [-0.25, -0.2) is 4.98 Å². The van der Waals surface area contributed by atoms with E-state index >= 15 is 0 Å². The van der Waals surface area contributed by atoms with Crippen molar-refractivity contribution in [3.05, 3.63) is 40.8 Å². The molecule has 1 saturated heterocycles. The number of hydrogen-bond donors (Lipinski definition) is 1. The van der Waals surface area contributed by atoms with Crippen molar-refractivity contribution < 1.29 is 9.47 Å². The third-order valence-corrected chi connectivity index (χ3v) is 4.97. The zero-order chi connectivity index (χ0) is 18.5. The van der Waals surface area contributed by atoms with Gasteiger partial charge in [0, 0.05) is 51.2 Å². The fourth-order valence-electron chi connectivity index (χ4n) is 3.46. The lowest BCUT2D eigenvalue weighted by atomic mass is 10.0. The van der Waals surface area contributed by atoms with Gasteiger partial charge in [-0.15, -0.1) is 0 Å². The SMILES string of the molecule is COCCN(C)c1ccc(CN2CCOCC2c2c(C)n[nH]c2C)cn1. The van der Waals surface area contributed by atoms with Crippen molar-refractivity contribution in [1.29, 1.82) is 0 Å². The van der Waals surface area contributed by atoms with E-state index in [-0.39, 0.29) is 6.04 Å². The standard InChI is InChI=1S/C19H29N5O2/c1-14-19(15(2)22-21-14)17-13-26-10-8-24(17)12-16-5-6-18(20-11-16)23(3)7-9-25-4/h5-6,11,17H,7-10,12-13H2,1-4H3,(H,21,22). The zero-order valence-electron chi connectivity index (χ0n) is 16.2. The van der Waals surface area contributed by atoms with Crippen LogP contribution in [0.2, 0.25) is 0 Å². The Labute approximate surface area is 155 Å². The minimum Gasteiger partial charge on any atom is -0.383 e. The molecule has 0 amide bonds. The van der Waals surface area contributed by atoms with E-state index in [0.717, 1.165) is 43.4 Å². The van der Waals surface area contributed by atoms with Crippen LogP contribution in [0.4, 0.5) is 5.82 Å². The van der Waals surface area contributed by atoms with Gasteiger partial charge < -0.3 is 14.4 Å². The molecule has 1 atom stereocenters. The molecule has 142 valence electrons. The molecule has 0 aromatic carbocycles. The van der Waals surface area contributed by atoms with Crippen LogP contribution in [-0.2, 0) is 16.0 Å². The summed E-state index contributed by atoms with van der Waals surface area (Å²) in [6, 6.07) is 4.47. The van der Waals surface area contributed by atoms with Crippen LogP contribution < -0.4 is 4.90 Å². The smallest absolute Gasteiger partial charge is 0.128 e. The maximum absolute atomic E-state index is 5.75. The third kappa shape index (κ3) is 4.23. The van der Waals surface area contributed by atoms with Gasteiger partial charge in [0.15, 0.2) is 0 Å². The van der Waals surface area contributed by atoms with Crippen LogP contribution in [0.1, 0.15) is 28.6 Å². The first-order valence-electron chi connectivity index (χ1n) is 9.08. The number of aromatic nitrogens is 3. The van der Waals surface area contributed by atoms with Crippen LogP contribution in [0.3, 0.4) is 0 Å². The molecule has 7 heteroatoms. The average Bonchev–Trinajstić information content (AvgIpc) is 2.99. The van der Waals surface area contributed by atoms with E-state index in [2.05, 4.69) is 51.0 Å². The van der Waals surface area contributed by atoms with Crippen LogP contribution >= 0.6 is 0 Å². The number of H-pyrrole nitrogens is 1. The van der Waals surface area contributed by atoms with Gasteiger partial charge in [0.05, 0.1) is 31.6 Å². The predicted octanol–water partition coefficient (Wildman–Crippen LogP) is 2.08. The van der Waals surface area contributed by atoms with E-state index in [1.54, 1.807) is 7.11 Å². The number of methoxy groups -OCH3 is 1. The van der Waals surface area contributed by atoms with E-state index in [1.165, 1.54) is 11.1 Å². The molecule has 1 N–H and O–H groups in total. The summed E-state index contributed by atoms with van der Waals surface area (Å²) in [5.74, 6) is 0.964. The molecule has 0 spiro atoms. The number of likely N-dealkylation sites (N-methyl/N-ethyl adjacent to an activating group) is 1. The molecule has 26 heavy (non-hydrogen) atoms. The van der Waals surface area contributed by atoms with Gasteiger partial charge in [-0.1, -0.05) is 6.07 Å². The molecule has 1 fully saturated rings. The number of hydrogen-bond acceptors (Lipinski definition) is 6. The molecule has 7 nitrogen and oxygen atoms in total. The fourth-order valence-corrected chi connectivity index (χ4v) is 3.46. The molecule has 0 saturated carbocycles. The highest BCUT2D eigenvalue weighted by Crippen LogP contribution is 2.29. The zero-order valence-corrected chi connectivity index (χ0v) is 16.2. The first-order valence-corrected chi connectivity index (χ1v) is 9.08. The lowest BCUT2D eigenvalue weighted by Gasteiger charge is -2.36. The Morgan fingerprint density at radius 2 is 2.23 bits per heavy atom. The van der Waals surface area contributed by atoms with Gasteiger partial charge >= 0.3 is 0 Å².